The fourth-order valence-corrected chi connectivity index (χ4v) is 3.79. The van der Waals surface area contributed by atoms with Gasteiger partial charge in [-0.3, -0.25) is 4.99 Å². The van der Waals surface area contributed by atoms with Crippen LogP contribution in [0.4, 0.5) is 0 Å². The Morgan fingerprint density at radius 3 is 2.24 bits per heavy atom. The third-order valence-corrected chi connectivity index (χ3v) is 5.76. The number of piperidine rings is 1. The number of hydrogen-bond donors (Lipinski definition) is 2. The molecule has 1 heterocycles. The first-order valence-corrected chi connectivity index (χ1v) is 11.0. The zero-order chi connectivity index (χ0) is 20.5. The van der Waals surface area contributed by atoms with E-state index in [4.69, 9.17) is 4.99 Å². The average Bonchev–Trinajstić information content (AvgIpc) is 2.69. The molecule has 0 aromatic heterocycles. The Balaban J connectivity index is 0.00000420. The van der Waals surface area contributed by atoms with Crippen LogP contribution >= 0.6 is 24.0 Å². The molecule has 0 amide bonds. The number of halogens is 1. The predicted octanol–water partition coefficient (Wildman–Crippen LogP) is 3.90. The molecule has 0 aliphatic carbocycles. The summed E-state index contributed by atoms with van der Waals surface area (Å²) < 4.78 is 0. The topological polar surface area (TPSA) is 42.9 Å². The molecule has 2 rings (SSSR count). The van der Waals surface area contributed by atoms with E-state index >= 15 is 0 Å². The van der Waals surface area contributed by atoms with Gasteiger partial charge < -0.3 is 20.4 Å². The molecule has 1 atom stereocenters. The third kappa shape index (κ3) is 8.42. The molecular weight excluding hydrogens is 473 g/mol. The standard InChI is InChI=1S/C23H41N5.HI/c1-7-19-9-11-20(12-10-19)22(27(5)6)17-25-23(24-8-2)26-21-13-15-28(16-14-21)18(3)4;/h9-12,18,21-22H,7-8,13-17H2,1-6H3,(H2,24,25,26);1H. The van der Waals surface area contributed by atoms with Gasteiger partial charge in [-0.15, -0.1) is 24.0 Å². The highest BCUT2D eigenvalue weighted by molar-refractivity contribution is 14.0. The normalized spacial score (nSPS) is 17.3. The molecule has 0 bridgehead atoms. The molecule has 29 heavy (non-hydrogen) atoms. The van der Waals surface area contributed by atoms with E-state index in [1.165, 1.54) is 37.1 Å². The van der Waals surface area contributed by atoms with Gasteiger partial charge in [0, 0.05) is 31.7 Å². The van der Waals surface area contributed by atoms with Crippen molar-refractivity contribution >= 4 is 29.9 Å². The van der Waals surface area contributed by atoms with Gasteiger partial charge in [-0.2, -0.15) is 0 Å². The molecule has 166 valence electrons. The first-order chi connectivity index (χ1) is 13.4. The number of hydrogen-bond acceptors (Lipinski definition) is 3. The Kier molecular flexibility index (Phi) is 12.1. The minimum atomic E-state index is 0. The van der Waals surface area contributed by atoms with Crippen LogP contribution in [0.3, 0.4) is 0 Å². The van der Waals surface area contributed by atoms with Crippen LogP contribution in [0.25, 0.3) is 0 Å². The fourth-order valence-electron chi connectivity index (χ4n) is 3.79. The smallest absolute Gasteiger partial charge is 0.191 e. The summed E-state index contributed by atoms with van der Waals surface area (Å²) in [5.41, 5.74) is 2.71. The molecule has 0 saturated carbocycles. The fraction of sp³-hybridized carbons (Fsp3) is 0.696. The highest BCUT2D eigenvalue weighted by Gasteiger charge is 2.21. The van der Waals surface area contributed by atoms with Crippen LogP contribution in [0.15, 0.2) is 29.3 Å². The van der Waals surface area contributed by atoms with Crippen molar-refractivity contribution in [3.8, 4) is 0 Å². The number of nitrogens with zero attached hydrogens (tertiary/aromatic N) is 3. The predicted molar refractivity (Wildman–Crippen MR) is 137 cm³/mol. The largest absolute Gasteiger partial charge is 0.357 e. The van der Waals surface area contributed by atoms with E-state index in [-0.39, 0.29) is 30.0 Å². The van der Waals surface area contributed by atoms with E-state index < -0.39 is 0 Å². The van der Waals surface area contributed by atoms with Crippen molar-refractivity contribution in [2.24, 2.45) is 4.99 Å². The Morgan fingerprint density at radius 1 is 1.14 bits per heavy atom. The van der Waals surface area contributed by atoms with Gasteiger partial charge in [-0.1, -0.05) is 31.2 Å². The molecule has 2 N–H and O–H groups in total. The summed E-state index contributed by atoms with van der Waals surface area (Å²) in [5, 5.41) is 7.11. The lowest BCUT2D eigenvalue weighted by Crippen LogP contribution is -2.50. The molecule has 5 nitrogen and oxygen atoms in total. The molecule has 6 heteroatoms. The average molecular weight is 516 g/mol. The Labute approximate surface area is 195 Å². The maximum absolute atomic E-state index is 4.94. The highest BCUT2D eigenvalue weighted by Crippen LogP contribution is 2.20. The van der Waals surface area contributed by atoms with Crippen molar-refractivity contribution in [3.63, 3.8) is 0 Å². The van der Waals surface area contributed by atoms with Gasteiger partial charge in [-0.25, -0.2) is 0 Å². The first kappa shape index (κ1) is 26.2. The van der Waals surface area contributed by atoms with Crippen LogP contribution < -0.4 is 10.6 Å². The Hall–Kier alpha value is -0.860. The lowest BCUT2D eigenvalue weighted by molar-refractivity contribution is 0.167. The second-order valence-corrected chi connectivity index (χ2v) is 8.34. The molecule has 0 spiro atoms. The molecule has 1 fully saturated rings. The third-order valence-electron chi connectivity index (χ3n) is 5.76. The number of guanidine groups is 1. The molecule has 0 radical (unpaired) electrons. The second-order valence-electron chi connectivity index (χ2n) is 8.34. The zero-order valence-corrected chi connectivity index (χ0v) is 21.6. The first-order valence-electron chi connectivity index (χ1n) is 11.0. The lowest BCUT2D eigenvalue weighted by Gasteiger charge is -2.35. The Bertz CT molecular complexity index is 592. The molecule has 1 aromatic carbocycles. The van der Waals surface area contributed by atoms with Gasteiger partial charge in [0.25, 0.3) is 0 Å². The van der Waals surface area contributed by atoms with Gasteiger partial charge in [0.2, 0.25) is 0 Å². The summed E-state index contributed by atoms with van der Waals surface area (Å²) in [6, 6.07) is 10.4. The second kappa shape index (κ2) is 13.4. The number of likely N-dealkylation sites (tertiary alicyclic amines) is 1. The molecule has 1 aromatic rings. The minimum absolute atomic E-state index is 0. The lowest BCUT2D eigenvalue weighted by atomic mass is 10.0. The number of benzene rings is 1. The van der Waals surface area contributed by atoms with Crippen LogP contribution in [0.1, 0.15) is 57.7 Å². The van der Waals surface area contributed by atoms with Crippen molar-refractivity contribution in [1.29, 1.82) is 0 Å². The summed E-state index contributed by atoms with van der Waals surface area (Å²) in [4.78, 5) is 9.76. The zero-order valence-electron chi connectivity index (χ0n) is 19.2. The molecule has 1 aliphatic heterocycles. The number of aliphatic imine (C=N–C) groups is 1. The molecule has 1 unspecified atom stereocenters. The van der Waals surface area contributed by atoms with Gasteiger partial charge in [0.15, 0.2) is 5.96 Å². The molecular formula is C23H42IN5. The summed E-state index contributed by atoms with van der Waals surface area (Å²) in [7, 11) is 4.27. The van der Waals surface area contributed by atoms with Crippen LogP contribution in [0, 0.1) is 0 Å². The number of rotatable bonds is 8. The van der Waals surface area contributed by atoms with Gasteiger partial charge in [-0.05, 0) is 65.3 Å². The van der Waals surface area contributed by atoms with Crippen molar-refractivity contribution in [1.82, 2.24) is 20.4 Å². The van der Waals surface area contributed by atoms with Crippen molar-refractivity contribution in [3.05, 3.63) is 35.4 Å². The SMILES string of the molecule is CCNC(=NCC(c1ccc(CC)cc1)N(C)C)NC1CCN(C(C)C)CC1.I. The van der Waals surface area contributed by atoms with Crippen molar-refractivity contribution < 1.29 is 0 Å². The van der Waals surface area contributed by atoms with Crippen LogP contribution in [-0.2, 0) is 6.42 Å². The highest BCUT2D eigenvalue weighted by atomic mass is 127. The van der Waals surface area contributed by atoms with E-state index in [1.807, 2.05) is 0 Å². The van der Waals surface area contributed by atoms with Gasteiger partial charge in [0.05, 0.1) is 12.6 Å². The summed E-state index contributed by atoms with van der Waals surface area (Å²) in [6.07, 6.45) is 3.44. The van der Waals surface area contributed by atoms with E-state index in [0.717, 1.165) is 25.5 Å². The quantitative estimate of drug-likeness (QED) is 0.313. The van der Waals surface area contributed by atoms with E-state index in [1.54, 1.807) is 0 Å². The van der Waals surface area contributed by atoms with Crippen LogP contribution in [-0.4, -0.2) is 68.1 Å². The van der Waals surface area contributed by atoms with E-state index in [9.17, 15) is 0 Å². The van der Waals surface area contributed by atoms with E-state index in [2.05, 4.69) is 86.5 Å². The monoisotopic (exact) mass is 515 g/mol. The number of likely N-dealkylation sites (N-methyl/N-ethyl adjacent to an activating group) is 1. The Morgan fingerprint density at radius 2 is 1.76 bits per heavy atom. The van der Waals surface area contributed by atoms with E-state index in [0.29, 0.717) is 12.1 Å². The molecule has 1 saturated heterocycles. The van der Waals surface area contributed by atoms with Gasteiger partial charge >= 0.3 is 0 Å². The van der Waals surface area contributed by atoms with Crippen molar-refractivity contribution in [2.75, 3.05) is 40.3 Å². The maximum atomic E-state index is 4.94. The maximum Gasteiger partial charge on any atom is 0.191 e. The van der Waals surface area contributed by atoms with Crippen LogP contribution in [0.2, 0.25) is 0 Å². The van der Waals surface area contributed by atoms with Gasteiger partial charge in [0.1, 0.15) is 0 Å². The number of nitrogens with one attached hydrogen (secondary N) is 2. The summed E-state index contributed by atoms with van der Waals surface area (Å²) >= 11 is 0. The van der Waals surface area contributed by atoms with Crippen LogP contribution in [0.5, 0.6) is 0 Å². The summed E-state index contributed by atoms with van der Waals surface area (Å²) in [6.45, 7) is 12.9. The summed E-state index contributed by atoms with van der Waals surface area (Å²) in [5.74, 6) is 0.947. The number of aryl methyl sites for hydroxylation is 1. The van der Waals surface area contributed by atoms with Crippen molar-refractivity contribution in [2.45, 2.75) is 65.1 Å². The minimum Gasteiger partial charge on any atom is -0.357 e. The molecule has 1 aliphatic rings.